The summed E-state index contributed by atoms with van der Waals surface area (Å²) < 4.78 is 27.8. The molecule has 194 valence electrons. The van der Waals surface area contributed by atoms with Crippen molar-refractivity contribution < 1.29 is 28.6 Å². The number of hydrogen-bond acceptors (Lipinski definition) is 7. The minimum Gasteiger partial charge on any atom is -0.478 e. The number of morpholine rings is 2. The Bertz CT molecular complexity index is 864. The Morgan fingerprint density at radius 3 is 2.63 bits per heavy atom. The quantitative estimate of drug-likeness (QED) is 0.561. The van der Waals surface area contributed by atoms with E-state index in [1.807, 2.05) is 0 Å². The van der Waals surface area contributed by atoms with E-state index in [0.29, 0.717) is 18.4 Å². The fourth-order valence-corrected chi connectivity index (χ4v) is 7.90. The molecule has 9 heteroatoms. The van der Waals surface area contributed by atoms with E-state index < -0.39 is 36.0 Å². The molecule has 0 radical (unpaired) electrons. The molecule has 9 atom stereocenters. The topological polar surface area (TPSA) is 91.3 Å². The first kappa shape index (κ1) is 23.8. The van der Waals surface area contributed by atoms with E-state index in [1.165, 1.54) is 25.7 Å². The number of carboxylic acid groups (broad SMARTS) is 1. The number of carbonyl (C=O) groups excluding carboxylic acids is 1. The average Bonchev–Trinajstić information content (AvgIpc) is 2.86. The molecule has 0 bridgehead atoms. The lowest BCUT2D eigenvalue weighted by molar-refractivity contribution is -0.208. The van der Waals surface area contributed by atoms with Gasteiger partial charge in [0, 0.05) is 38.3 Å². The van der Waals surface area contributed by atoms with Crippen molar-refractivity contribution in [2.75, 3.05) is 39.4 Å². The number of hydrogen-bond donors (Lipinski definition) is 2. The largest absolute Gasteiger partial charge is 0.478 e. The number of alkyl halides is 1. The molecule has 3 aliphatic heterocycles. The Hall–Kier alpha value is -1.55. The lowest BCUT2D eigenvalue weighted by atomic mass is 9.65. The Morgan fingerprint density at radius 2 is 1.89 bits per heavy atom. The normalized spacial score (nSPS) is 43.6. The zero-order chi connectivity index (χ0) is 24.1. The van der Waals surface area contributed by atoms with Gasteiger partial charge in [-0.3, -0.25) is 9.69 Å². The number of ether oxygens (including phenoxy) is 2. The van der Waals surface area contributed by atoms with Crippen LogP contribution >= 0.6 is 0 Å². The van der Waals surface area contributed by atoms with Gasteiger partial charge in [-0.1, -0.05) is 25.7 Å². The second-order valence-corrected chi connectivity index (χ2v) is 11.4. The lowest BCUT2D eigenvalue weighted by Gasteiger charge is -2.60. The maximum absolute atomic E-state index is 15.7. The molecular formula is C26H38FN3O5. The van der Waals surface area contributed by atoms with Gasteiger partial charge in [0.25, 0.3) is 0 Å². The van der Waals surface area contributed by atoms with Gasteiger partial charge in [0.05, 0.1) is 43.5 Å². The van der Waals surface area contributed by atoms with Gasteiger partial charge in [-0.2, -0.15) is 0 Å². The van der Waals surface area contributed by atoms with E-state index >= 15 is 4.39 Å². The van der Waals surface area contributed by atoms with Gasteiger partial charge in [0.2, 0.25) is 0 Å². The molecular weight excluding hydrogens is 453 g/mol. The maximum Gasteiger partial charge on any atom is 0.340 e. The molecule has 3 saturated carbocycles. The SMILES string of the molecule is O=C(O)C1=CN2C3CC4CCCCC4CC3OC3C(NCCN4CCOCC4)C(F)CC(C1=O)C32. The van der Waals surface area contributed by atoms with Crippen LogP contribution in [0.1, 0.15) is 44.9 Å². The van der Waals surface area contributed by atoms with Crippen LogP contribution in [-0.4, -0.2) is 103 Å². The molecule has 0 spiro atoms. The number of halogens is 1. The van der Waals surface area contributed by atoms with Gasteiger partial charge in [0.1, 0.15) is 11.7 Å². The van der Waals surface area contributed by atoms with Gasteiger partial charge in [0.15, 0.2) is 5.78 Å². The Balaban J connectivity index is 1.26. The number of carboxylic acids is 1. The smallest absolute Gasteiger partial charge is 0.340 e. The average molecular weight is 492 g/mol. The fourth-order valence-electron chi connectivity index (χ4n) is 7.90. The molecule has 0 aromatic rings. The van der Waals surface area contributed by atoms with Crippen LogP contribution in [0.5, 0.6) is 0 Å². The van der Waals surface area contributed by atoms with Crippen LogP contribution in [0, 0.1) is 17.8 Å². The van der Waals surface area contributed by atoms with E-state index in [0.717, 1.165) is 45.7 Å². The second-order valence-electron chi connectivity index (χ2n) is 11.4. The van der Waals surface area contributed by atoms with Crippen molar-refractivity contribution in [2.24, 2.45) is 17.8 Å². The van der Waals surface area contributed by atoms with Crippen molar-refractivity contribution >= 4 is 11.8 Å². The molecule has 2 saturated heterocycles. The predicted octanol–water partition coefficient (Wildman–Crippen LogP) is 1.59. The van der Waals surface area contributed by atoms with Crippen LogP contribution in [0.3, 0.4) is 0 Å². The monoisotopic (exact) mass is 491 g/mol. The van der Waals surface area contributed by atoms with Gasteiger partial charge >= 0.3 is 5.97 Å². The van der Waals surface area contributed by atoms with Crippen molar-refractivity contribution in [3.05, 3.63) is 11.8 Å². The first-order valence-electron chi connectivity index (χ1n) is 13.6. The van der Waals surface area contributed by atoms with E-state index in [1.54, 1.807) is 6.20 Å². The van der Waals surface area contributed by atoms with E-state index in [-0.39, 0.29) is 30.2 Å². The summed E-state index contributed by atoms with van der Waals surface area (Å²) in [4.78, 5) is 29.6. The third-order valence-electron chi connectivity index (χ3n) is 9.63. The van der Waals surface area contributed by atoms with Crippen LogP contribution in [0.15, 0.2) is 11.8 Å². The zero-order valence-corrected chi connectivity index (χ0v) is 20.3. The Labute approximate surface area is 206 Å². The summed E-state index contributed by atoms with van der Waals surface area (Å²) in [6.07, 6.45) is 6.71. The molecule has 0 aromatic heterocycles. The molecule has 8 nitrogen and oxygen atoms in total. The number of nitrogens with zero attached hydrogens (tertiary/aromatic N) is 2. The van der Waals surface area contributed by atoms with Crippen LogP contribution in [-0.2, 0) is 19.1 Å². The summed E-state index contributed by atoms with van der Waals surface area (Å²) in [5.74, 6) is -1.06. The number of rotatable bonds is 5. The summed E-state index contributed by atoms with van der Waals surface area (Å²) in [7, 11) is 0. The first-order chi connectivity index (χ1) is 17.0. The highest BCUT2D eigenvalue weighted by molar-refractivity contribution is 6.18. The molecule has 2 N–H and O–H groups in total. The van der Waals surface area contributed by atoms with Gasteiger partial charge in [-0.25, -0.2) is 9.18 Å². The van der Waals surface area contributed by atoms with Crippen molar-refractivity contribution in [3.63, 3.8) is 0 Å². The standard InChI is InChI=1S/C26H38FN3O5/c27-19-13-17-23-25(22(19)28-5-6-29-7-9-34-10-8-29)35-21-12-16-4-2-1-3-15(16)11-20(21)30(23)14-18(24(17)31)26(32)33/h14-17,19-23,25,28H,1-13H2,(H,32,33). The highest BCUT2D eigenvalue weighted by Gasteiger charge is 2.59. The molecule has 6 aliphatic rings. The Morgan fingerprint density at radius 1 is 1.14 bits per heavy atom. The van der Waals surface area contributed by atoms with E-state index in [2.05, 4.69) is 15.1 Å². The third kappa shape index (κ3) is 4.32. The van der Waals surface area contributed by atoms with Crippen molar-refractivity contribution in [1.82, 2.24) is 15.1 Å². The van der Waals surface area contributed by atoms with E-state index in [4.69, 9.17) is 9.47 Å². The molecule has 3 aliphatic carbocycles. The number of carbonyl (C=O) groups is 2. The van der Waals surface area contributed by atoms with Gasteiger partial charge in [-0.15, -0.1) is 0 Å². The zero-order valence-electron chi connectivity index (χ0n) is 20.3. The first-order valence-corrected chi connectivity index (χ1v) is 13.6. The third-order valence-corrected chi connectivity index (χ3v) is 9.63. The second kappa shape index (κ2) is 9.72. The van der Waals surface area contributed by atoms with Crippen LogP contribution in [0.4, 0.5) is 4.39 Å². The number of ketones is 1. The van der Waals surface area contributed by atoms with Crippen molar-refractivity contribution in [1.29, 1.82) is 0 Å². The summed E-state index contributed by atoms with van der Waals surface area (Å²) in [6, 6.07) is -0.747. The summed E-state index contributed by atoms with van der Waals surface area (Å²) in [5.41, 5.74) is -0.192. The van der Waals surface area contributed by atoms with Gasteiger partial charge in [-0.05, 0) is 31.1 Å². The highest BCUT2D eigenvalue weighted by atomic mass is 19.1. The molecule has 9 unspecified atom stereocenters. The number of Topliss-reactive ketones (excluding diaryl/α,β-unsaturated/α-hetero) is 1. The van der Waals surface area contributed by atoms with Crippen LogP contribution in [0.25, 0.3) is 0 Å². The molecule has 5 fully saturated rings. The number of nitrogens with one attached hydrogen (secondary N) is 1. The number of fused-ring (bicyclic) bond motifs is 3. The van der Waals surface area contributed by atoms with E-state index in [9.17, 15) is 14.7 Å². The molecule has 6 rings (SSSR count). The molecule has 3 heterocycles. The lowest BCUT2D eigenvalue weighted by Crippen LogP contribution is -2.73. The number of aliphatic carboxylic acids is 1. The van der Waals surface area contributed by atoms with Gasteiger partial charge < -0.3 is 24.8 Å². The van der Waals surface area contributed by atoms with Crippen molar-refractivity contribution in [3.8, 4) is 0 Å². The minimum atomic E-state index is -1.26. The molecule has 35 heavy (non-hydrogen) atoms. The predicted molar refractivity (Wildman–Crippen MR) is 126 cm³/mol. The molecule has 0 amide bonds. The highest BCUT2D eigenvalue weighted by Crippen LogP contribution is 2.50. The summed E-state index contributed by atoms with van der Waals surface area (Å²) in [6.45, 7) is 4.68. The van der Waals surface area contributed by atoms with Crippen LogP contribution < -0.4 is 5.32 Å². The fraction of sp³-hybridized carbons (Fsp3) is 0.846. The summed E-state index contributed by atoms with van der Waals surface area (Å²) >= 11 is 0. The van der Waals surface area contributed by atoms with Crippen molar-refractivity contribution in [2.45, 2.75) is 81.5 Å². The maximum atomic E-state index is 15.7. The Kier molecular flexibility index (Phi) is 6.62. The molecule has 0 aromatic carbocycles. The van der Waals surface area contributed by atoms with Crippen LogP contribution in [0.2, 0.25) is 0 Å². The summed E-state index contributed by atoms with van der Waals surface area (Å²) in [5, 5.41) is 13.2. The minimum absolute atomic E-state index is 0.0448.